The molecule has 7 nitrogen and oxygen atoms in total. The number of nitrogens with one attached hydrogen (secondary N) is 2. The maximum absolute atomic E-state index is 13.5. The van der Waals surface area contributed by atoms with Gasteiger partial charge in [0.2, 0.25) is 0 Å². The highest BCUT2D eigenvalue weighted by Crippen LogP contribution is 2.33. The van der Waals surface area contributed by atoms with Crippen LogP contribution in [0.2, 0.25) is 0 Å². The number of aromatic nitrogens is 1. The number of nitrogens with zero attached hydrogens (tertiary/aromatic N) is 2. The van der Waals surface area contributed by atoms with Gasteiger partial charge in [-0.25, -0.2) is 0 Å². The monoisotopic (exact) mass is 518 g/mol. The Labute approximate surface area is 226 Å². The highest BCUT2D eigenvalue weighted by molar-refractivity contribution is 5.97. The second-order valence-corrected chi connectivity index (χ2v) is 10.9. The van der Waals surface area contributed by atoms with Crippen LogP contribution in [0.5, 0.6) is 0 Å². The molecule has 0 bridgehead atoms. The minimum absolute atomic E-state index is 0.111. The number of hydrogen-bond acceptors (Lipinski definition) is 5. The summed E-state index contributed by atoms with van der Waals surface area (Å²) >= 11 is 0. The first-order valence-corrected chi connectivity index (χ1v) is 14.4. The highest BCUT2D eigenvalue weighted by atomic mass is 16.5. The molecule has 1 aromatic carbocycles. The summed E-state index contributed by atoms with van der Waals surface area (Å²) in [6.07, 6.45) is 11.5. The van der Waals surface area contributed by atoms with Gasteiger partial charge in [-0.2, -0.15) is 0 Å². The van der Waals surface area contributed by atoms with E-state index in [2.05, 4.69) is 45.2 Å². The zero-order valence-electron chi connectivity index (χ0n) is 22.9. The van der Waals surface area contributed by atoms with Crippen molar-refractivity contribution in [3.8, 4) is 0 Å². The Morgan fingerprint density at radius 3 is 2.61 bits per heavy atom. The van der Waals surface area contributed by atoms with Gasteiger partial charge in [0.15, 0.2) is 0 Å². The molecule has 5 rings (SSSR count). The number of pyridine rings is 1. The summed E-state index contributed by atoms with van der Waals surface area (Å²) in [5.41, 5.74) is 5.36. The topological polar surface area (TPSA) is 77.7 Å². The van der Waals surface area contributed by atoms with Crippen molar-refractivity contribution in [2.45, 2.75) is 77.4 Å². The fourth-order valence-corrected chi connectivity index (χ4v) is 6.60. The van der Waals surface area contributed by atoms with Crippen molar-refractivity contribution in [2.24, 2.45) is 0 Å². The number of rotatable bonds is 4. The summed E-state index contributed by atoms with van der Waals surface area (Å²) in [4.78, 5) is 34.2. The third-order valence-electron chi connectivity index (χ3n) is 8.57. The predicted octanol–water partition coefficient (Wildman–Crippen LogP) is 4.13. The molecule has 38 heavy (non-hydrogen) atoms. The smallest absolute Gasteiger partial charge is 0.253 e. The van der Waals surface area contributed by atoms with E-state index in [9.17, 15) is 9.59 Å². The van der Waals surface area contributed by atoms with Crippen LogP contribution < -0.4 is 15.8 Å². The summed E-state index contributed by atoms with van der Waals surface area (Å²) in [5, 5.41) is 3.06. The average Bonchev–Trinajstić information content (AvgIpc) is 2.93. The van der Waals surface area contributed by atoms with Crippen LogP contribution in [-0.4, -0.2) is 60.7 Å². The van der Waals surface area contributed by atoms with Crippen LogP contribution in [0.15, 0.2) is 41.2 Å². The standard InChI is InChI=1S/C31H42N4O3/c1-3-35(25-14-12-24(13-15-25)34-16-18-38-19-17-34)29-11-7-10-27-26(29)9-6-4-5-8-23-20-22(2)33-31(37)28(23)21-32-30(27)36/h4,6-7,10-11,20,24-25H,3,5,8-9,12-19,21H2,1-2H3,(H,32,36)(H,33,37)/b6-4+. The molecule has 1 aliphatic carbocycles. The van der Waals surface area contributed by atoms with Gasteiger partial charge in [0.1, 0.15) is 0 Å². The lowest BCUT2D eigenvalue weighted by Gasteiger charge is -2.43. The molecular weight excluding hydrogens is 476 g/mol. The van der Waals surface area contributed by atoms with Crippen LogP contribution in [0.25, 0.3) is 0 Å². The molecule has 1 saturated heterocycles. The van der Waals surface area contributed by atoms with Crippen molar-refractivity contribution >= 4 is 11.6 Å². The molecule has 7 heteroatoms. The second-order valence-electron chi connectivity index (χ2n) is 10.9. The van der Waals surface area contributed by atoms with Crippen LogP contribution in [0.1, 0.15) is 71.8 Å². The number of carbonyl (C=O) groups excluding carboxylic acids is 1. The number of anilines is 1. The Hall–Kier alpha value is -2.90. The van der Waals surface area contributed by atoms with Gasteiger partial charge in [-0.05, 0) is 88.1 Å². The van der Waals surface area contributed by atoms with E-state index < -0.39 is 0 Å². The number of amides is 1. The van der Waals surface area contributed by atoms with E-state index in [-0.39, 0.29) is 18.0 Å². The van der Waals surface area contributed by atoms with Gasteiger partial charge < -0.3 is 19.9 Å². The SMILES string of the molecule is CCN(c1cccc2c1C/C=C/CCc1cc(C)[nH]c(=O)c1CNC2=O)C1CCC(N2CCOCC2)CC1. The summed E-state index contributed by atoms with van der Waals surface area (Å²) < 4.78 is 5.56. The van der Waals surface area contributed by atoms with Gasteiger partial charge >= 0.3 is 0 Å². The number of aryl methyl sites for hydroxylation is 2. The van der Waals surface area contributed by atoms with Crippen LogP contribution >= 0.6 is 0 Å². The molecule has 2 aliphatic heterocycles. The Morgan fingerprint density at radius 1 is 1.05 bits per heavy atom. The summed E-state index contributed by atoms with van der Waals surface area (Å²) in [6, 6.07) is 9.29. The first-order chi connectivity index (χ1) is 18.5. The minimum atomic E-state index is -0.117. The molecule has 3 aliphatic rings. The van der Waals surface area contributed by atoms with E-state index >= 15 is 0 Å². The fraction of sp³-hybridized carbons (Fsp3) is 0.548. The molecule has 1 aromatic heterocycles. The van der Waals surface area contributed by atoms with Gasteiger partial charge in [-0.1, -0.05) is 18.2 Å². The lowest BCUT2D eigenvalue weighted by Crippen LogP contribution is -2.48. The molecule has 0 spiro atoms. The van der Waals surface area contributed by atoms with E-state index in [1.54, 1.807) is 0 Å². The molecular formula is C31H42N4O3. The third-order valence-corrected chi connectivity index (χ3v) is 8.57. The number of carbonyl (C=O) groups is 1. The van der Waals surface area contributed by atoms with E-state index in [1.807, 2.05) is 25.1 Å². The Morgan fingerprint density at radius 2 is 1.84 bits per heavy atom. The van der Waals surface area contributed by atoms with Crippen LogP contribution in [-0.2, 0) is 24.1 Å². The van der Waals surface area contributed by atoms with E-state index in [0.717, 1.165) is 68.9 Å². The van der Waals surface area contributed by atoms with E-state index in [0.29, 0.717) is 23.2 Å². The number of aromatic amines is 1. The zero-order valence-corrected chi connectivity index (χ0v) is 22.9. The number of hydrogen-bond donors (Lipinski definition) is 2. The van der Waals surface area contributed by atoms with Crippen LogP contribution in [0.3, 0.4) is 0 Å². The predicted molar refractivity (Wildman–Crippen MR) is 152 cm³/mol. The Bertz CT molecular complexity index is 1210. The lowest BCUT2D eigenvalue weighted by atomic mass is 9.88. The van der Waals surface area contributed by atoms with E-state index in [1.165, 1.54) is 31.4 Å². The minimum Gasteiger partial charge on any atom is -0.379 e. The number of fused-ring (bicyclic) bond motifs is 2. The first kappa shape index (κ1) is 26.7. The maximum Gasteiger partial charge on any atom is 0.253 e. The van der Waals surface area contributed by atoms with Crippen molar-refractivity contribution in [3.05, 3.63) is 74.7 Å². The summed E-state index contributed by atoms with van der Waals surface area (Å²) in [5.74, 6) is -0.117. The number of benzene rings is 1. The zero-order chi connectivity index (χ0) is 26.5. The number of H-pyrrole nitrogens is 1. The second kappa shape index (κ2) is 12.3. The van der Waals surface area contributed by atoms with Gasteiger partial charge in [0, 0.05) is 60.8 Å². The molecule has 0 radical (unpaired) electrons. The number of allylic oxidation sites excluding steroid dienone is 2. The average molecular weight is 519 g/mol. The Kier molecular flexibility index (Phi) is 8.65. The van der Waals surface area contributed by atoms with Crippen molar-refractivity contribution in [1.29, 1.82) is 0 Å². The van der Waals surface area contributed by atoms with Gasteiger partial charge in [-0.15, -0.1) is 0 Å². The molecule has 2 aromatic rings. The lowest BCUT2D eigenvalue weighted by molar-refractivity contribution is 0.00730. The number of morpholine rings is 1. The first-order valence-electron chi connectivity index (χ1n) is 14.4. The summed E-state index contributed by atoms with van der Waals surface area (Å²) in [7, 11) is 0. The fourth-order valence-electron chi connectivity index (χ4n) is 6.60. The molecule has 0 atom stereocenters. The molecule has 2 fully saturated rings. The molecule has 0 unspecified atom stereocenters. The van der Waals surface area contributed by atoms with Gasteiger partial charge in [0.25, 0.3) is 11.5 Å². The van der Waals surface area contributed by atoms with Crippen molar-refractivity contribution in [2.75, 3.05) is 37.7 Å². The molecule has 2 N–H and O–H groups in total. The van der Waals surface area contributed by atoms with Gasteiger partial charge in [-0.3, -0.25) is 14.5 Å². The third kappa shape index (κ3) is 5.89. The van der Waals surface area contributed by atoms with Crippen LogP contribution in [0.4, 0.5) is 5.69 Å². The van der Waals surface area contributed by atoms with E-state index in [4.69, 9.17) is 4.74 Å². The summed E-state index contributed by atoms with van der Waals surface area (Å²) in [6.45, 7) is 9.09. The number of ether oxygens (including phenoxy) is 1. The van der Waals surface area contributed by atoms with Crippen molar-refractivity contribution in [3.63, 3.8) is 0 Å². The molecule has 1 amide bonds. The van der Waals surface area contributed by atoms with Crippen LogP contribution in [0, 0.1) is 6.92 Å². The Balaban J connectivity index is 1.38. The molecule has 204 valence electrons. The van der Waals surface area contributed by atoms with Crippen molar-refractivity contribution < 1.29 is 9.53 Å². The molecule has 1 saturated carbocycles. The largest absolute Gasteiger partial charge is 0.379 e. The van der Waals surface area contributed by atoms with Gasteiger partial charge in [0.05, 0.1) is 13.2 Å². The quantitative estimate of drug-likeness (QED) is 0.596. The highest BCUT2D eigenvalue weighted by Gasteiger charge is 2.30. The van der Waals surface area contributed by atoms with Crippen molar-refractivity contribution in [1.82, 2.24) is 15.2 Å². The normalized spacial score (nSPS) is 23.8. The maximum atomic E-state index is 13.5. The molecule has 3 heterocycles.